The fourth-order valence-corrected chi connectivity index (χ4v) is 4.71. The Kier molecular flexibility index (Phi) is 9.85. The third-order valence-corrected chi connectivity index (χ3v) is 6.59. The van der Waals surface area contributed by atoms with Crippen LogP contribution in [-0.4, -0.2) is 39.0 Å². The van der Waals surface area contributed by atoms with Crippen LogP contribution in [0.1, 0.15) is 37.5 Å². The third kappa shape index (κ3) is 9.06. The Hall–Kier alpha value is -3.65. The van der Waals surface area contributed by atoms with Gasteiger partial charge in [0.25, 0.3) is 5.69 Å². The van der Waals surface area contributed by atoms with Crippen LogP contribution in [0.25, 0.3) is 0 Å². The molecule has 194 valence electrons. The highest BCUT2D eigenvalue weighted by atomic mass is 32.2. The van der Waals surface area contributed by atoms with Crippen LogP contribution in [0, 0.1) is 10.1 Å². The molecular formula is C29H33N3O4S. The minimum absolute atomic E-state index is 0.0347. The molecule has 0 unspecified atom stereocenters. The lowest BCUT2D eigenvalue weighted by Crippen LogP contribution is -2.54. The van der Waals surface area contributed by atoms with E-state index in [-0.39, 0.29) is 23.3 Å². The van der Waals surface area contributed by atoms with Crippen molar-refractivity contribution in [1.29, 1.82) is 0 Å². The Balaban J connectivity index is 1.81. The van der Waals surface area contributed by atoms with Crippen molar-refractivity contribution in [2.75, 3.05) is 5.75 Å². The van der Waals surface area contributed by atoms with Gasteiger partial charge in [0.2, 0.25) is 11.8 Å². The van der Waals surface area contributed by atoms with Crippen LogP contribution >= 0.6 is 11.8 Å². The molecule has 0 saturated heterocycles. The maximum Gasteiger partial charge on any atom is 0.269 e. The van der Waals surface area contributed by atoms with Crippen LogP contribution in [0.4, 0.5) is 5.69 Å². The van der Waals surface area contributed by atoms with Crippen molar-refractivity contribution < 1.29 is 14.5 Å². The van der Waals surface area contributed by atoms with E-state index in [0.717, 1.165) is 16.7 Å². The monoisotopic (exact) mass is 519 g/mol. The van der Waals surface area contributed by atoms with Crippen molar-refractivity contribution in [3.8, 4) is 0 Å². The van der Waals surface area contributed by atoms with Crippen LogP contribution in [0.3, 0.4) is 0 Å². The van der Waals surface area contributed by atoms with Gasteiger partial charge < -0.3 is 10.2 Å². The number of nitro groups is 1. The minimum atomic E-state index is -0.686. The van der Waals surface area contributed by atoms with Gasteiger partial charge in [-0.3, -0.25) is 19.7 Å². The quantitative estimate of drug-likeness (QED) is 0.271. The number of thioether (sulfide) groups is 1. The van der Waals surface area contributed by atoms with Crippen molar-refractivity contribution in [2.24, 2.45) is 0 Å². The zero-order valence-electron chi connectivity index (χ0n) is 21.4. The molecule has 1 N–H and O–H groups in total. The van der Waals surface area contributed by atoms with E-state index in [1.165, 1.54) is 23.9 Å². The second-order valence-electron chi connectivity index (χ2n) is 9.87. The van der Waals surface area contributed by atoms with Crippen molar-refractivity contribution in [3.63, 3.8) is 0 Å². The lowest BCUT2D eigenvalue weighted by Gasteiger charge is -2.34. The summed E-state index contributed by atoms with van der Waals surface area (Å²) in [4.78, 5) is 39.3. The highest BCUT2D eigenvalue weighted by molar-refractivity contribution is 7.99. The average Bonchev–Trinajstić information content (AvgIpc) is 2.86. The van der Waals surface area contributed by atoms with Gasteiger partial charge in [0.05, 0.1) is 10.7 Å². The maximum absolute atomic E-state index is 13.6. The molecular weight excluding hydrogens is 486 g/mol. The predicted molar refractivity (Wildman–Crippen MR) is 148 cm³/mol. The Morgan fingerprint density at radius 2 is 1.46 bits per heavy atom. The first-order valence-corrected chi connectivity index (χ1v) is 13.3. The zero-order chi connectivity index (χ0) is 26.8. The standard InChI is InChI=1S/C29H33N3O4S/c1-29(2,3)30-28(34)26(18-22-10-6-4-7-11-22)31(19-23-12-8-5-9-13-23)27(33)21-37-20-24-14-16-25(17-15-24)32(35)36/h4-17,26H,18-21H2,1-3H3,(H,30,34)/t26-/m1/s1. The van der Waals surface area contributed by atoms with Crippen LogP contribution in [0.2, 0.25) is 0 Å². The third-order valence-electron chi connectivity index (χ3n) is 5.61. The Morgan fingerprint density at radius 3 is 2.00 bits per heavy atom. The summed E-state index contributed by atoms with van der Waals surface area (Å²) in [7, 11) is 0. The number of hydrogen-bond donors (Lipinski definition) is 1. The number of nitro benzene ring substituents is 1. The first-order valence-electron chi connectivity index (χ1n) is 12.1. The average molecular weight is 520 g/mol. The Bertz CT molecular complexity index is 1180. The number of nitrogens with zero attached hydrogens (tertiary/aromatic N) is 2. The first-order chi connectivity index (χ1) is 17.6. The fraction of sp³-hybridized carbons (Fsp3) is 0.310. The summed E-state index contributed by atoms with van der Waals surface area (Å²) in [5.74, 6) is 0.375. The molecule has 37 heavy (non-hydrogen) atoms. The number of hydrogen-bond acceptors (Lipinski definition) is 5. The molecule has 3 rings (SSSR count). The number of rotatable bonds is 11. The van der Waals surface area contributed by atoms with E-state index in [4.69, 9.17) is 0 Å². The summed E-state index contributed by atoms with van der Waals surface area (Å²) in [6, 6.07) is 25.0. The number of carbonyl (C=O) groups is 2. The number of non-ortho nitro benzene ring substituents is 1. The minimum Gasteiger partial charge on any atom is -0.350 e. The highest BCUT2D eigenvalue weighted by Crippen LogP contribution is 2.20. The van der Waals surface area contributed by atoms with Crippen LogP contribution in [0.5, 0.6) is 0 Å². The van der Waals surface area contributed by atoms with Crippen molar-refractivity contribution in [1.82, 2.24) is 10.2 Å². The van der Waals surface area contributed by atoms with Gasteiger partial charge in [-0.15, -0.1) is 11.8 Å². The molecule has 0 aliphatic carbocycles. The molecule has 3 aromatic rings. The van der Waals surface area contributed by atoms with Crippen molar-refractivity contribution >= 4 is 29.3 Å². The van der Waals surface area contributed by atoms with Gasteiger partial charge in [0.15, 0.2) is 0 Å². The Morgan fingerprint density at radius 1 is 0.892 bits per heavy atom. The summed E-state index contributed by atoms with van der Waals surface area (Å²) >= 11 is 1.42. The molecule has 0 aromatic heterocycles. The normalized spacial score (nSPS) is 12.0. The maximum atomic E-state index is 13.6. The Labute approximate surface area is 222 Å². The smallest absolute Gasteiger partial charge is 0.269 e. The summed E-state index contributed by atoms with van der Waals surface area (Å²) < 4.78 is 0. The zero-order valence-corrected chi connectivity index (χ0v) is 22.2. The number of nitrogens with one attached hydrogen (secondary N) is 1. The van der Waals surface area contributed by atoms with Gasteiger partial charge >= 0.3 is 0 Å². The van der Waals surface area contributed by atoms with Gasteiger partial charge in [-0.1, -0.05) is 72.8 Å². The molecule has 8 heteroatoms. The summed E-state index contributed by atoms with van der Waals surface area (Å²) in [5.41, 5.74) is 2.40. The molecule has 0 saturated carbocycles. The van der Waals surface area contributed by atoms with Gasteiger partial charge in [-0.05, 0) is 37.5 Å². The fourth-order valence-electron chi connectivity index (χ4n) is 3.84. The van der Waals surface area contributed by atoms with E-state index >= 15 is 0 Å². The van der Waals surface area contributed by atoms with Crippen LogP contribution < -0.4 is 5.32 Å². The molecule has 2 amide bonds. The topological polar surface area (TPSA) is 92.6 Å². The van der Waals surface area contributed by atoms with E-state index in [1.807, 2.05) is 81.4 Å². The van der Waals surface area contributed by atoms with Gasteiger partial charge in [-0.2, -0.15) is 0 Å². The lowest BCUT2D eigenvalue weighted by molar-refractivity contribution is -0.384. The summed E-state index contributed by atoms with van der Waals surface area (Å²) in [6.45, 7) is 6.09. The number of amides is 2. The number of benzene rings is 3. The molecule has 0 heterocycles. The molecule has 0 aliphatic heterocycles. The van der Waals surface area contributed by atoms with E-state index in [9.17, 15) is 19.7 Å². The molecule has 0 aliphatic rings. The first kappa shape index (κ1) is 27.9. The highest BCUT2D eigenvalue weighted by Gasteiger charge is 2.32. The summed E-state index contributed by atoms with van der Waals surface area (Å²) in [6.07, 6.45) is 0.397. The van der Waals surface area contributed by atoms with Crippen molar-refractivity contribution in [3.05, 3.63) is 112 Å². The van der Waals surface area contributed by atoms with Crippen LogP contribution in [-0.2, 0) is 28.3 Å². The molecule has 7 nitrogen and oxygen atoms in total. The van der Waals surface area contributed by atoms with E-state index in [0.29, 0.717) is 18.7 Å². The lowest BCUT2D eigenvalue weighted by atomic mass is 10.0. The molecule has 0 bridgehead atoms. The SMILES string of the molecule is CC(C)(C)NC(=O)[C@@H](Cc1ccccc1)N(Cc1ccccc1)C(=O)CSCc1ccc([N+](=O)[O-])cc1. The van der Waals surface area contributed by atoms with E-state index in [1.54, 1.807) is 17.0 Å². The largest absolute Gasteiger partial charge is 0.350 e. The predicted octanol–water partition coefficient (Wildman–Crippen LogP) is 5.38. The van der Waals surface area contributed by atoms with E-state index < -0.39 is 16.5 Å². The van der Waals surface area contributed by atoms with Gasteiger partial charge in [-0.25, -0.2) is 0 Å². The molecule has 0 radical (unpaired) electrons. The molecule has 0 spiro atoms. The van der Waals surface area contributed by atoms with Crippen molar-refractivity contribution in [2.45, 2.75) is 51.1 Å². The second kappa shape index (κ2) is 13.1. The molecule has 0 fully saturated rings. The second-order valence-corrected chi connectivity index (χ2v) is 10.9. The van der Waals surface area contributed by atoms with Gasteiger partial charge in [0, 0.05) is 36.4 Å². The van der Waals surface area contributed by atoms with Crippen LogP contribution in [0.15, 0.2) is 84.9 Å². The molecule has 3 aromatic carbocycles. The summed E-state index contributed by atoms with van der Waals surface area (Å²) in [5, 5.41) is 14.0. The van der Waals surface area contributed by atoms with Gasteiger partial charge in [0.1, 0.15) is 6.04 Å². The van der Waals surface area contributed by atoms with E-state index in [2.05, 4.69) is 5.32 Å². The molecule has 1 atom stereocenters. The number of carbonyl (C=O) groups excluding carboxylic acids is 2.